The van der Waals surface area contributed by atoms with Crippen LogP contribution in [0, 0.1) is 0 Å². The Morgan fingerprint density at radius 3 is 3.09 bits per heavy atom. The van der Waals surface area contributed by atoms with E-state index in [-0.39, 0.29) is 11.9 Å². The summed E-state index contributed by atoms with van der Waals surface area (Å²) in [5.74, 6) is 0.105. The zero-order valence-electron chi connectivity index (χ0n) is 12.7. The summed E-state index contributed by atoms with van der Waals surface area (Å²) in [5.41, 5.74) is 0.745. The molecular weight excluding hydrogens is 302 g/mol. The zero-order valence-corrected chi connectivity index (χ0v) is 13.5. The number of hydrogen-bond acceptors (Lipinski definition) is 5. The SMILES string of the molecule is CC1CN(C(=O)Cc2csc(N3CCCNC3=O)n2)CCN1. The fourth-order valence-corrected chi connectivity index (χ4v) is 3.59. The highest BCUT2D eigenvalue weighted by molar-refractivity contribution is 7.14. The van der Waals surface area contributed by atoms with Crippen molar-refractivity contribution in [1.82, 2.24) is 20.5 Å². The molecule has 3 heterocycles. The quantitative estimate of drug-likeness (QED) is 0.845. The zero-order chi connectivity index (χ0) is 15.5. The molecule has 1 aromatic rings. The number of carbonyl (C=O) groups excluding carboxylic acids is 2. The van der Waals surface area contributed by atoms with Crippen LogP contribution in [0.25, 0.3) is 0 Å². The highest BCUT2D eigenvalue weighted by atomic mass is 32.1. The average Bonchev–Trinajstić information content (AvgIpc) is 2.96. The van der Waals surface area contributed by atoms with E-state index in [1.54, 1.807) is 4.90 Å². The molecule has 1 unspecified atom stereocenters. The van der Waals surface area contributed by atoms with Crippen LogP contribution in [0.15, 0.2) is 5.38 Å². The summed E-state index contributed by atoms with van der Waals surface area (Å²) < 4.78 is 0. The lowest BCUT2D eigenvalue weighted by molar-refractivity contribution is -0.131. The number of aromatic nitrogens is 1. The second kappa shape index (κ2) is 6.62. The Labute approximate surface area is 133 Å². The molecule has 120 valence electrons. The topological polar surface area (TPSA) is 77.6 Å². The molecular formula is C14H21N5O2S. The first-order valence-electron chi connectivity index (χ1n) is 7.64. The molecule has 2 saturated heterocycles. The van der Waals surface area contributed by atoms with Crippen LogP contribution in [0.2, 0.25) is 0 Å². The van der Waals surface area contributed by atoms with E-state index in [1.807, 2.05) is 10.3 Å². The van der Waals surface area contributed by atoms with Crippen molar-refractivity contribution in [1.29, 1.82) is 0 Å². The molecule has 0 saturated carbocycles. The molecule has 2 aliphatic rings. The smallest absolute Gasteiger partial charge is 0.323 e. The third kappa shape index (κ3) is 3.38. The number of piperazine rings is 1. The molecule has 3 rings (SSSR count). The summed E-state index contributed by atoms with van der Waals surface area (Å²) in [6.45, 7) is 5.80. The van der Waals surface area contributed by atoms with E-state index in [2.05, 4.69) is 22.5 Å². The van der Waals surface area contributed by atoms with Gasteiger partial charge in [0.25, 0.3) is 0 Å². The van der Waals surface area contributed by atoms with Crippen LogP contribution in [0.1, 0.15) is 19.0 Å². The summed E-state index contributed by atoms with van der Waals surface area (Å²) in [7, 11) is 0. The molecule has 0 radical (unpaired) electrons. The van der Waals surface area contributed by atoms with Crippen molar-refractivity contribution in [2.75, 3.05) is 37.6 Å². The highest BCUT2D eigenvalue weighted by Crippen LogP contribution is 2.22. The number of hydrogen-bond donors (Lipinski definition) is 2. The Balaban J connectivity index is 1.61. The van der Waals surface area contributed by atoms with Gasteiger partial charge in [0.05, 0.1) is 12.1 Å². The van der Waals surface area contributed by atoms with E-state index in [0.717, 1.165) is 31.7 Å². The van der Waals surface area contributed by atoms with Gasteiger partial charge in [-0.25, -0.2) is 9.78 Å². The van der Waals surface area contributed by atoms with Crippen LogP contribution in [0.5, 0.6) is 0 Å². The number of urea groups is 1. The van der Waals surface area contributed by atoms with Crippen LogP contribution in [0.3, 0.4) is 0 Å². The normalized spacial score (nSPS) is 22.6. The Kier molecular flexibility index (Phi) is 4.58. The first-order chi connectivity index (χ1) is 10.6. The van der Waals surface area contributed by atoms with Gasteiger partial charge < -0.3 is 15.5 Å². The van der Waals surface area contributed by atoms with Gasteiger partial charge in [0.1, 0.15) is 0 Å². The van der Waals surface area contributed by atoms with Crippen LogP contribution in [0.4, 0.5) is 9.93 Å². The molecule has 2 fully saturated rings. The van der Waals surface area contributed by atoms with Crippen LogP contribution in [-0.4, -0.2) is 60.6 Å². The number of thiazole rings is 1. The van der Waals surface area contributed by atoms with E-state index < -0.39 is 0 Å². The summed E-state index contributed by atoms with van der Waals surface area (Å²) in [6.07, 6.45) is 1.22. The van der Waals surface area contributed by atoms with Gasteiger partial charge in [0.15, 0.2) is 5.13 Å². The molecule has 1 aromatic heterocycles. The van der Waals surface area contributed by atoms with Crippen molar-refractivity contribution in [3.05, 3.63) is 11.1 Å². The molecule has 0 spiro atoms. The number of amides is 3. The van der Waals surface area contributed by atoms with Gasteiger partial charge in [-0.3, -0.25) is 9.69 Å². The van der Waals surface area contributed by atoms with Gasteiger partial charge in [-0.15, -0.1) is 11.3 Å². The first-order valence-corrected chi connectivity index (χ1v) is 8.52. The number of anilines is 1. The lowest BCUT2D eigenvalue weighted by atomic mass is 10.2. The third-order valence-electron chi connectivity index (χ3n) is 3.90. The average molecular weight is 323 g/mol. The lowest BCUT2D eigenvalue weighted by Crippen LogP contribution is -2.51. The second-order valence-electron chi connectivity index (χ2n) is 5.73. The minimum absolute atomic E-state index is 0.102. The molecule has 1 atom stereocenters. The molecule has 3 amide bonds. The fraction of sp³-hybridized carbons (Fsp3) is 0.643. The predicted octanol–water partition coefficient (Wildman–Crippen LogP) is 0.426. The van der Waals surface area contributed by atoms with Crippen LogP contribution < -0.4 is 15.5 Å². The van der Waals surface area contributed by atoms with E-state index in [0.29, 0.717) is 30.7 Å². The van der Waals surface area contributed by atoms with Crippen molar-refractivity contribution in [2.45, 2.75) is 25.8 Å². The van der Waals surface area contributed by atoms with Crippen molar-refractivity contribution in [3.8, 4) is 0 Å². The van der Waals surface area contributed by atoms with Crippen molar-refractivity contribution >= 4 is 28.4 Å². The largest absolute Gasteiger partial charge is 0.340 e. The van der Waals surface area contributed by atoms with E-state index in [4.69, 9.17) is 0 Å². The second-order valence-corrected chi connectivity index (χ2v) is 6.57. The van der Waals surface area contributed by atoms with Crippen LogP contribution >= 0.6 is 11.3 Å². The molecule has 7 nitrogen and oxygen atoms in total. The number of nitrogens with one attached hydrogen (secondary N) is 2. The highest BCUT2D eigenvalue weighted by Gasteiger charge is 2.24. The van der Waals surface area contributed by atoms with Crippen LogP contribution in [-0.2, 0) is 11.2 Å². The Bertz CT molecular complexity index is 561. The number of rotatable bonds is 3. The standard InChI is InChI=1S/C14H21N5O2S/c1-10-8-18(6-4-15-10)12(20)7-11-9-22-14(17-11)19-5-2-3-16-13(19)21/h9-10,15H,2-8H2,1H3,(H,16,21). The molecule has 8 heteroatoms. The molecule has 0 aromatic carbocycles. The minimum atomic E-state index is -0.102. The van der Waals surface area contributed by atoms with Gasteiger partial charge in [0.2, 0.25) is 5.91 Å². The summed E-state index contributed by atoms with van der Waals surface area (Å²) >= 11 is 1.42. The maximum Gasteiger partial charge on any atom is 0.323 e. The Morgan fingerprint density at radius 2 is 2.32 bits per heavy atom. The molecule has 22 heavy (non-hydrogen) atoms. The maximum atomic E-state index is 12.3. The molecule has 0 bridgehead atoms. The van der Waals surface area contributed by atoms with E-state index in [1.165, 1.54) is 11.3 Å². The van der Waals surface area contributed by atoms with Gasteiger partial charge in [-0.05, 0) is 13.3 Å². The van der Waals surface area contributed by atoms with Crippen molar-refractivity contribution < 1.29 is 9.59 Å². The maximum absolute atomic E-state index is 12.3. The first kappa shape index (κ1) is 15.2. The van der Waals surface area contributed by atoms with Crippen molar-refractivity contribution in [2.24, 2.45) is 0 Å². The summed E-state index contributed by atoms with van der Waals surface area (Å²) in [5, 5.41) is 8.68. The monoisotopic (exact) mass is 323 g/mol. The number of nitrogens with zero attached hydrogens (tertiary/aromatic N) is 3. The minimum Gasteiger partial charge on any atom is -0.340 e. The molecule has 2 N–H and O–H groups in total. The molecule has 0 aliphatic carbocycles. The van der Waals surface area contributed by atoms with E-state index >= 15 is 0 Å². The lowest BCUT2D eigenvalue weighted by Gasteiger charge is -2.31. The summed E-state index contributed by atoms with van der Waals surface area (Å²) in [4.78, 5) is 32.1. The number of carbonyl (C=O) groups is 2. The van der Waals surface area contributed by atoms with Gasteiger partial charge in [-0.1, -0.05) is 0 Å². The van der Waals surface area contributed by atoms with Gasteiger partial charge >= 0.3 is 6.03 Å². The van der Waals surface area contributed by atoms with E-state index in [9.17, 15) is 9.59 Å². The molecule has 2 aliphatic heterocycles. The Hall–Kier alpha value is -1.67. The predicted molar refractivity (Wildman–Crippen MR) is 85.2 cm³/mol. The third-order valence-corrected chi connectivity index (χ3v) is 4.82. The Morgan fingerprint density at radius 1 is 1.45 bits per heavy atom. The summed E-state index contributed by atoms with van der Waals surface area (Å²) in [6, 6.07) is 0.232. The van der Waals surface area contributed by atoms with Gasteiger partial charge in [-0.2, -0.15) is 0 Å². The van der Waals surface area contributed by atoms with Gasteiger partial charge in [0, 0.05) is 44.1 Å². The fourth-order valence-electron chi connectivity index (χ4n) is 2.74. The van der Waals surface area contributed by atoms with Crippen molar-refractivity contribution in [3.63, 3.8) is 0 Å².